The normalized spacial score (nSPS) is 10.7. The molecule has 23 heavy (non-hydrogen) atoms. The van der Waals surface area contributed by atoms with Crippen LogP contribution in [0.5, 0.6) is 0 Å². The fourth-order valence-corrected chi connectivity index (χ4v) is 2.81. The molecule has 116 valence electrons. The number of aliphatic hydroxyl groups is 1. The molecule has 3 aromatic rings. The van der Waals surface area contributed by atoms with Gasteiger partial charge in [0.15, 0.2) is 11.6 Å². The molecule has 0 radical (unpaired) electrons. The highest BCUT2D eigenvalue weighted by molar-refractivity contribution is 9.10. The summed E-state index contributed by atoms with van der Waals surface area (Å²) in [7, 11) is 0. The Balaban J connectivity index is 2.20. The number of aromatic nitrogens is 3. The average Bonchev–Trinajstić information content (AvgIpc) is 2.95. The zero-order valence-corrected chi connectivity index (χ0v) is 14.0. The third kappa shape index (κ3) is 2.95. The molecule has 0 unspecified atom stereocenters. The molecule has 0 spiro atoms. The van der Waals surface area contributed by atoms with Crippen molar-refractivity contribution in [2.24, 2.45) is 0 Å². The number of carbonyl (C=O) groups excluding carboxylic acids is 1. The monoisotopic (exact) mass is 371 g/mol. The molecule has 0 fully saturated rings. The molecule has 2 aromatic carbocycles. The van der Waals surface area contributed by atoms with Gasteiger partial charge in [0.1, 0.15) is 12.4 Å². The van der Waals surface area contributed by atoms with Crippen LogP contribution >= 0.6 is 15.9 Å². The second kappa shape index (κ2) is 6.44. The molecule has 1 aromatic heterocycles. The minimum absolute atomic E-state index is 0.0983. The lowest BCUT2D eigenvalue weighted by molar-refractivity contribution is 0.103. The number of aliphatic hydroxyl groups excluding tert-OH is 1. The molecule has 0 aliphatic rings. The molecule has 0 saturated carbocycles. The molecule has 0 aliphatic carbocycles. The van der Waals surface area contributed by atoms with E-state index in [2.05, 4.69) is 26.1 Å². The molecule has 6 heteroatoms. The lowest BCUT2D eigenvalue weighted by atomic mass is 10.0. The fourth-order valence-electron chi connectivity index (χ4n) is 2.45. The molecular formula is C17H14BrN3O2. The Labute approximate surface area is 141 Å². The van der Waals surface area contributed by atoms with Crippen LogP contribution in [-0.4, -0.2) is 25.7 Å². The number of carbonyl (C=O) groups is 1. The number of hydrogen-bond acceptors (Lipinski definition) is 4. The van der Waals surface area contributed by atoms with Gasteiger partial charge >= 0.3 is 0 Å². The molecule has 3 rings (SSSR count). The molecule has 1 heterocycles. The van der Waals surface area contributed by atoms with Gasteiger partial charge in [0.25, 0.3) is 0 Å². The zero-order valence-electron chi connectivity index (χ0n) is 12.4. The molecule has 0 saturated heterocycles. The summed E-state index contributed by atoms with van der Waals surface area (Å²) in [5.74, 6) is 0.907. The fraction of sp³-hybridized carbons (Fsp3) is 0.118. The van der Waals surface area contributed by atoms with Crippen LogP contribution in [0.3, 0.4) is 0 Å². The van der Waals surface area contributed by atoms with Crippen molar-refractivity contribution in [3.8, 4) is 5.69 Å². The first kappa shape index (κ1) is 15.6. The highest BCUT2D eigenvalue weighted by Gasteiger charge is 2.19. The van der Waals surface area contributed by atoms with Gasteiger partial charge in [-0.1, -0.05) is 46.3 Å². The third-order valence-electron chi connectivity index (χ3n) is 3.51. The highest BCUT2D eigenvalue weighted by atomic mass is 79.9. The molecule has 0 aliphatic heterocycles. The van der Waals surface area contributed by atoms with E-state index in [4.69, 9.17) is 0 Å². The largest absolute Gasteiger partial charge is 0.388 e. The Morgan fingerprint density at radius 2 is 1.91 bits per heavy atom. The van der Waals surface area contributed by atoms with E-state index in [1.807, 2.05) is 30.3 Å². The van der Waals surface area contributed by atoms with Gasteiger partial charge in [0.2, 0.25) is 0 Å². The number of hydrogen-bond donors (Lipinski definition) is 1. The van der Waals surface area contributed by atoms with E-state index in [1.54, 1.807) is 29.7 Å². The first-order valence-electron chi connectivity index (χ1n) is 7.03. The van der Waals surface area contributed by atoms with Crippen molar-refractivity contribution >= 4 is 21.7 Å². The zero-order chi connectivity index (χ0) is 16.4. The van der Waals surface area contributed by atoms with Gasteiger partial charge in [-0.2, -0.15) is 0 Å². The average molecular weight is 372 g/mol. The minimum atomic E-state index is -0.254. The second-order valence-corrected chi connectivity index (χ2v) is 5.93. The predicted molar refractivity (Wildman–Crippen MR) is 89.6 cm³/mol. The first-order valence-corrected chi connectivity index (χ1v) is 7.82. The number of ketones is 1. The maximum atomic E-state index is 12.9. The maximum absolute atomic E-state index is 12.9. The SMILES string of the molecule is Cc1nnc(CO)n1-c1ccc(Br)cc1C(=O)c1ccccc1. The Kier molecular flexibility index (Phi) is 4.36. The summed E-state index contributed by atoms with van der Waals surface area (Å²) in [6, 6.07) is 14.5. The summed E-state index contributed by atoms with van der Waals surface area (Å²) in [6.07, 6.45) is 0. The summed E-state index contributed by atoms with van der Waals surface area (Å²) >= 11 is 3.41. The molecule has 5 nitrogen and oxygen atoms in total. The number of halogens is 1. The Bertz CT molecular complexity index is 860. The minimum Gasteiger partial charge on any atom is -0.388 e. The van der Waals surface area contributed by atoms with Crippen molar-refractivity contribution in [3.63, 3.8) is 0 Å². The number of nitrogens with zero attached hydrogens (tertiary/aromatic N) is 3. The van der Waals surface area contributed by atoms with Gasteiger partial charge in [-0.25, -0.2) is 0 Å². The lowest BCUT2D eigenvalue weighted by Gasteiger charge is -2.13. The third-order valence-corrected chi connectivity index (χ3v) is 4.01. The van der Waals surface area contributed by atoms with Crippen molar-refractivity contribution in [2.75, 3.05) is 0 Å². The van der Waals surface area contributed by atoms with E-state index in [0.29, 0.717) is 28.5 Å². The molecule has 0 atom stereocenters. The first-order chi connectivity index (χ1) is 11.1. The van der Waals surface area contributed by atoms with Crippen molar-refractivity contribution in [3.05, 3.63) is 75.8 Å². The summed E-state index contributed by atoms with van der Waals surface area (Å²) in [5, 5.41) is 17.4. The maximum Gasteiger partial charge on any atom is 0.195 e. The highest BCUT2D eigenvalue weighted by Crippen LogP contribution is 2.25. The van der Waals surface area contributed by atoms with Crippen molar-refractivity contribution < 1.29 is 9.90 Å². The Morgan fingerprint density at radius 1 is 1.17 bits per heavy atom. The molecule has 0 amide bonds. The van der Waals surface area contributed by atoms with Gasteiger partial charge in [-0.3, -0.25) is 9.36 Å². The van der Waals surface area contributed by atoms with Crippen LogP contribution in [0.25, 0.3) is 5.69 Å². The Morgan fingerprint density at radius 3 is 2.61 bits per heavy atom. The van der Waals surface area contributed by atoms with Gasteiger partial charge in [0, 0.05) is 15.6 Å². The van der Waals surface area contributed by atoms with Gasteiger partial charge in [-0.15, -0.1) is 10.2 Å². The summed E-state index contributed by atoms with van der Waals surface area (Å²) in [5.41, 5.74) is 1.76. The topological polar surface area (TPSA) is 68.0 Å². The van der Waals surface area contributed by atoms with Crippen LogP contribution in [0.1, 0.15) is 27.6 Å². The van der Waals surface area contributed by atoms with Crippen LogP contribution in [-0.2, 0) is 6.61 Å². The smallest absolute Gasteiger partial charge is 0.195 e. The molecular weight excluding hydrogens is 358 g/mol. The molecule has 0 bridgehead atoms. The van der Waals surface area contributed by atoms with E-state index in [9.17, 15) is 9.90 Å². The van der Waals surface area contributed by atoms with Crippen molar-refractivity contribution in [2.45, 2.75) is 13.5 Å². The molecule has 1 N–H and O–H groups in total. The van der Waals surface area contributed by atoms with E-state index in [1.165, 1.54) is 0 Å². The number of benzene rings is 2. The van der Waals surface area contributed by atoms with Gasteiger partial charge in [-0.05, 0) is 25.1 Å². The van der Waals surface area contributed by atoms with E-state index in [-0.39, 0.29) is 12.4 Å². The van der Waals surface area contributed by atoms with Gasteiger partial charge in [0.05, 0.1) is 5.69 Å². The summed E-state index contributed by atoms with van der Waals surface area (Å²) in [6.45, 7) is 1.53. The number of aryl methyl sites for hydroxylation is 1. The predicted octanol–water partition coefficient (Wildman–Crippen LogP) is 3.06. The van der Waals surface area contributed by atoms with Gasteiger partial charge < -0.3 is 5.11 Å². The summed E-state index contributed by atoms with van der Waals surface area (Å²) in [4.78, 5) is 12.9. The van der Waals surface area contributed by atoms with Crippen LogP contribution in [0.4, 0.5) is 0 Å². The van der Waals surface area contributed by atoms with E-state index >= 15 is 0 Å². The van der Waals surface area contributed by atoms with Crippen molar-refractivity contribution in [1.82, 2.24) is 14.8 Å². The van der Waals surface area contributed by atoms with Crippen LogP contribution in [0.2, 0.25) is 0 Å². The van der Waals surface area contributed by atoms with Crippen LogP contribution in [0, 0.1) is 6.92 Å². The van der Waals surface area contributed by atoms with Crippen molar-refractivity contribution in [1.29, 1.82) is 0 Å². The lowest BCUT2D eigenvalue weighted by Crippen LogP contribution is -2.11. The summed E-state index contributed by atoms with van der Waals surface area (Å²) < 4.78 is 2.50. The second-order valence-electron chi connectivity index (χ2n) is 5.01. The van der Waals surface area contributed by atoms with E-state index in [0.717, 1.165) is 4.47 Å². The standard InChI is InChI=1S/C17H14BrN3O2/c1-11-19-20-16(10-22)21(11)15-8-7-13(18)9-14(15)17(23)12-5-3-2-4-6-12/h2-9,22H,10H2,1H3. The van der Waals surface area contributed by atoms with Crippen LogP contribution in [0.15, 0.2) is 53.0 Å². The van der Waals surface area contributed by atoms with E-state index < -0.39 is 0 Å². The van der Waals surface area contributed by atoms with Crippen LogP contribution < -0.4 is 0 Å². The Hall–Kier alpha value is -2.31. The quantitative estimate of drug-likeness (QED) is 0.715. The number of rotatable bonds is 4.